The molecule has 0 aliphatic heterocycles. The van der Waals surface area contributed by atoms with E-state index >= 15 is 0 Å². The van der Waals surface area contributed by atoms with Gasteiger partial charge in [-0.2, -0.15) is 0 Å². The fraction of sp³-hybridized carbons (Fsp3) is 0.650. The summed E-state index contributed by atoms with van der Waals surface area (Å²) in [6, 6.07) is 5.91. The lowest BCUT2D eigenvalue weighted by molar-refractivity contribution is 0.108. The molecule has 0 saturated heterocycles. The van der Waals surface area contributed by atoms with Crippen LogP contribution in [0.5, 0.6) is 11.5 Å². The lowest BCUT2D eigenvalue weighted by Gasteiger charge is -2.13. The quantitative estimate of drug-likeness (QED) is 0.201. The average Bonchev–Trinajstić information content (AvgIpc) is 2.62. The van der Waals surface area contributed by atoms with Gasteiger partial charge >= 0.3 is 0 Å². The zero-order valence-corrected chi connectivity index (χ0v) is 19.7. The summed E-state index contributed by atoms with van der Waals surface area (Å²) in [6.07, 6.45) is 0.953. The number of guanidine groups is 1. The van der Waals surface area contributed by atoms with Crippen LogP contribution < -0.4 is 20.1 Å². The van der Waals surface area contributed by atoms with Gasteiger partial charge in [0.25, 0.3) is 0 Å². The molecule has 156 valence electrons. The van der Waals surface area contributed by atoms with Crippen LogP contribution in [-0.4, -0.2) is 46.0 Å². The van der Waals surface area contributed by atoms with Gasteiger partial charge in [-0.15, -0.1) is 24.0 Å². The Labute approximate surface area is 181 Å². The maximum atomic E-state index is 5.62. The number of nitrogens with one attached hydrogen (secondary N) is 2. The fourth-order valence-electron chi connectivity index (χ4n) is 2.30. The van der Waals surface area contributed by atoms with Crippen molar-refractivity contribution in [1.29, 1.82) is 0 Å². The molecule has 0 amide bonds. The summed E-state index contributed by atoms with van der Waals surface area (Å²) in [4.78, 5) is 4.64. The monoisotopic (exact) mass is 493 g/mol. The van der Waals surface area contributed by atoms with Gasteiger partial charge in [-0.25, -0.2) is 4.99 Å². The summed E-state index contributed by atoms with van der Waals surface area (Å²) in [7, 11) is 1.65. The summed E-state index contributed by atoms with van der Waals surface area (Å²) >= 11 is 0. The number of hydrogen-bond acceptors (Lipinski definition) is 4. The maximum absolute atomic E-state index is 5.62. The molecule has 0 aliphatic carbocycles. The molecule has 1 aromatic carbocycles. The van der Waals surface area contributed by atoms with E-state index in [1.807, 2.05) is 25.1 Å². The Balaban J connectivity index is 0.00000676. The molecule has 0 fully saturated rings. The van der Waals surface area contributed by atoms with Crippen LogP contribution in [-0.2, 0) is 11.3 Å². The Bertz CT molecular complexity index is 539. The van der Waals surface area contributed by atoms with Gasteiger partial charge in [0.1, 0.15) is 0 Å². The molecular formula is C20H36IN3O3. The first kappa shape index (κ1) is 25.8. The molecule has 0 radical (unpaired) electrons. The third-order valence-corrected chi connectivity index (χ3v) is 3.50. The molecular weight excluding hydrogens is 457 g/mol. The molecule has 0 aromatic heterocycles. The number of hydrogen-bond donors (Lipinski definition) is 2. The molecule has 0 bridgehead atoms. The third-order valence-electron chi connectivity index (χ3n) is 3.50. The highest BCUT2D eigenvalue weighted by atomic mass is 127. The van der Waals surface area contributed by atoms with Crippen molar-refractivity contribution in [3.63, 3.8) is 0 Å². The van der Waals surface area contributed by atoms with Gasteiger partial charge in [-0.1, -0.05) is 19.9 Å². The van der Waals surface area contributed by atoms with Crippen molar-refractivity contribution in [1.82, 2.24) is 10.6 Å². The van der Waals surface area contributed by atoms with Crippen LogP contribution in [0.4, 0.5) is 0 Å². The number of halogens is 1. The van der Waals surface area contributed by atoms with Crippen molar-refractivity contribution in [2.45, 2.75) is 40.7 Å². The molecule has 0 aliphatic rings. The van der Waals surface area contributed by atoms with E-state index in [2.05, 4.69) is 36.4 Å². The second-order valence-electron chi connectivity index (χ2n) is 6.36. The van der Waals surface area contributed by atoms with Crippen LogP contribution in [0.3, 0.4) is 0 Å². The minimum Gasteiger partial charge on any atom is -0.493 e. The van der Waals surface area contributed by atoms with E-state index < -0.39 is 0 Å². The van der Waals surface area contributed by atoms with E-state index in [-0.39, 0.29) is 24.0 Å². The number of ether oxygens (including phenoxy) is 3. The summed E-state index contributed by atoms with van der Waals surface area (Å²) in [5.41, 5.74) is 1.08. The number of nitrogens with zero attached hydrogens (tertiary/aromatic N) is 1. The maximum Gasteiger partial charge on any atom is 0.191 e. The standard InChI is InChI=1S/C20H35N3O3.HI/c1-6-21-20(22-11-8-12-25-15-16(3)4)23-14-17-9-10-18(24-5)19(13-17)26-7-2;/h9-10,13,16H,6-8,11-12,14-15H2,1-5H3,(H2,21,22,23);1H. The molecule has 0 spiro atoms. The predicted octanol–water partition coefficient (Wildman–Crippen LogP) is 3.83. The lowest BCUT2D eigenvalue weighted by Crippen LogP contribution is -2.38. The summed E-state index contributed by atoms with van der Waals surface area (Å²) < 4.78 is 16.5. The van der Waals surface area contributed by atoms with E-state index in [1.165, 1.54) is 0 Å². The molecule has 0 saturated carbocycles. The van der Waals surface area contributed by atoms with Crippen LogP contribution >= 0.6 is 24.0 Å². The Kier molecular flexibility index (Phi) is 15.1. The van der Waals surface area contributed by atoms with Gasteiger partial charge in [-0.3, -0.25) is 0 Å². The van der Waals surface area contributed by atoms with Crippen molar-refractivity contribution in [3.05, 3.63) is 23.8 Å². The summed E-state index contributed by atoms with van der Waals surface area (Å²) in [6.45, 7) is 12.7. The highest BCUT2D eigenvalue weighted by molar-refractivity contribution is 14.0. The fourth-order valence-corrected chi connectivity index (χ4v) is 2.30. The summed E-state index contributed by atoms with van der Waals surface area (Å²) in [5.74, 6) is 2.88. The molecule has 2 N–H and O–H groups in total. The van der Waals surface area contributed by atoms with Crippen molar-refractivity contribution >= 4 is 29.9 Å². The third kappa shape index (κ3) is 11.3. The minimum atomic E-state index is 0. The second kappa shape index (κ2) is 15.8. The average molecular weight is 493 g/mol. The van der Waals surface area contributed by atoms with E-state index in [0.717, 1.165) is 55.7 Å². The Morgan fingerprint density at radius 2 is 1.93 bits per heavy atom. The van der Waals surface area contributed by atoms with E-state index in [1.54, 1.807) is 7.11 Å². The topological polar surface area (TPSA) is 64.1 Å². The van der Waals surface area contributed by atoms with Crippen molar-refractivity contribution < 1.29 is 14.2 Å². The molecule has 7 heteroatoms. The highest BCUT2D eigenvalue weighted by Crippen LogP contribution is 2.28. The second-order valence-corrected chi connectivity index (χ2v) is 6.36. The molecule has 1 rings (SSSR count). The van der Waals surface area contributed by atoms with Crippen LogP contribution in [0.25, 0.3) is 0 Å². The Hall–Kier alpha value is -1.22. The van der Waals surface area contributed by atoms with Gasteiger partial charge < -0.3 is 24.8 Å². The first-order valence-electron chi connectivity index (χ1n) is 9.50. The van der Waals surface area contributed by atoms with Crippen molar-refractivity contribution in [2.24, 2.45) is 10.9 Å². The summed E-state index contributed by atoms with van der Waals surface area (Å²) in [5, 5.41) is 6.61. The highest BCUT2D eigenvalue weighted by Gasteiger charge is 2.05. The zero-order valence-electron chi connectivity index (χ0n) is 17.3. The van der Waals surface area contributed by atoms with Crippen molar-refractivity contribution in [3.8, 4) is 11.5 Å². The molecule has 0 unspecified atom stereocenters. The molecule has 6 nitrogen and oxygen atoms in total. The number of methoxy groups -OCH3 is 1. The SMILES string of the molecule is CCNC(=NCc1ccc(OC)c(OCC)c1)NCCCOCC(C)C.I. The van der Waals surface area contributed by atoms with Gasteiger partial charge in [0.2, 0.25) is 0 Å². The van der Waals surface area contributed by atoms with E-state index in [4.69, 9.17) is 14.2 Å². The largest absolute Gasteiger partial charge is 0.493 e. The first-order valence-corrected chi connectivity index (χ1v) is 9.50. The minimum absolute atomic E-state index is 0. The normalized spacial score (nSPS) is 11.1. The van der Waals surface area contributed by atoms with Crippen LogP contribution in [0.1, 0.15) is 39.7 Å². The lowest BCUT2D eigenvalue weighted by atomic mass is 10.2. The number of rotatable bonds is 12. The molecule has 0 atom stereocenters. The smallest absolute Gasteiger partial charge is 0.191 e. The first-order chi connectivity index (χ1) is 12.6. The predicted molar refractivity (Wildman–Crippen MR) is 123 cm³/mol. The van der Waals surface area contributed by atoms with Crippen LogP contribution in [0, 0.1) is 5.92 Å². The molecule has 1 aromatic rings. The van der Waals surface area contributed by atoms with Gasteiger partial charge in [0, 0.05) is 26.3 Å². The number of benzene rings is 1. The zero-order chi connectivity index (χ0) is 19.2. The Morgan fingerprint density at radius 1 is 1.15 bits per heavy atom. The van der Waals surface area contributed by atoms with E-state index in [0.29, 0.717) is 19.1 Å². The van der Waals surface area contributed by atoms with E-state index in [9.17, 15) is 0 Å². The number of aliphatic imine (C=N–C) groups is 1. The van der Waals surface area contributed by atoms with Gasteiger partial charge in [-0.05, 0) is 43.9 Å². The molecule has 27 heavy (non-hydrogen) atoms. The van der Waals surface area contributed by atoms with Crippen LogP contribution in [0.15, 0.2) is 23.2 Å². The van der Waals surface area contributed by atoms with Crippen molar-refractivity contribution in [2.75, 3.05) is 40.0 Å². The van der Waals surface area contributed by atoms with Crippen LogP contribution in [0.2, 0.25) is 0 Å². The van der Waals surface area contributed by atoms with Gasteiger partial charge in [0.05, 0.1) is 20.3 Å². The Morgan fingerprint density at radius 3 is 2.56 bits per heavy atom. The van der Waals surface area contributed by atoms with Gasteiger partial charge in [0.15, 0.2) is 17.5 Å². The molecule has 0 heterocycles.